The second kappa shape index (κ2) is 10.8. The number of fused-ring (bicyclic) bond motifs is 1. The van der Waals surface area contributed by atoms with Crippen LogP contribution in [0.25, 0.3) is 16.6 Å². The summed E-state index contributed by atoms with van der Waals surface area (Å²) in [6, 6.07) is 3.22. The van der Waals surface area contributed by atoms with Crippen molar-refractivity contribution in [1.82, 2.24) is 4.57 Å². The fourth-order valence-electron chi connectivity index (χ4n) is 3.52. The molecule has 3 aromatic rings. The summed E-state index contributed by atoms with van der Waals surface area (Å²) in [6.45, 7) is 1.74. The molecule has 0 fully saturated rings. The Morgan fingerprint density at radius 3 is 2.65 bits per heavy atom. The highest BCUT2D eigenvalue weighted by molar-refractivity contribution is 6.38. The first kappa shape index (κ1) is 25.4. The number of aliphatic hydroxyl groups is 1. The van der Waals surface area contributed by atoms with E-state index in [0.29, 0.717) is 19.6 Å². The van der Waals surface area contributed by atoms with E-state index in [1.165, 1.54) is 17.7 Å². The van der Waals surface area contributed by atoms with Crippen molar-refractivity contribution in [1.29, 1.82) is 0 Å². The van der Waals surface area contributed by atoms with E-state index in [9.17, 15) is 23.5 Å². The van der Waals surface area contributed by atoms with Crippen LogP contribution in [0.2, 0.25) is 5.02 Å². The van der Waals surface area contributed by atoms with Gasteiger partial charge in [0.05, 0.1) is 46.2 Å². The van der Waals surface area contributed by atoms with Crippen LogP contribution >= 0.6 is 11.6 Å². The molecule has 0 spiro atoms. The van der Waals surface area contributed by atoms with Crippen LogP contribution in [0.4, 0.5) is 20.2 Å². The number of aromatic nitrogens is 1. The number of carbonyl (C=O) groups excluding carboxylic acids is 1. The summed E-state index contributed by atoms with van der Waals surface area (Å²) in [5, 5.41) is 12.4. The van der Waals surface area contributed by atoms with Gasteiger partial charge in [-0.3, -0.25) is 4.79 Å². The van der Waals surface area contributed by atoms with E-state index < -0.39 is 35.2 Å². The van der Waals surface area contributed by atoms with E-state index in [0.717, 1.165) is 18.3 Å². The standard InChI is InChI=1S/C23H24ClF2N3O5/c1-3-34-23(32)14-10-29(18-9-17(27)15(25)7-12(18)11-30)21-13(22(14)31)8-16(26)20(19(21)24)28-5-4-6-33-2/h7-10,28,30H,3-6,11,27H2,1-2H3. The first-order valence-corrected chi connectivity index (χ1v) is 10.8. The molecule has 0 bridgehead atoms. The third kappa shape index (κ3) is 4.84. The Morgan fingerprint density at radius 2 is 2.00 bits per heavy atom. The van der Waals surface area contributed by atoms with Crippen LogP contribution in [0.3, 0.4) is 0 Å². The van der Waals surface area contributed by atoms with Crippen LogP contribution in [0.5, 0.6) is 0 Å². The lowest BCUT2D eigenvalue weighted by Crippen LogP contribution is -2.22. The van der Waals surface area contributed by atoms with Gasteiger partial charge in [0.25, 0.3) is 0 Å². The first-order valence-electron chi connectivity index (χ1n) is 10.4. The number of hydrogen-bond donors (Lipinski definition) is 3. The molecule has 0 atom stereocenters. The van der Waals surface area contributed by atoms with Crippen LogP contribution in [0, 0.1) is 11.6 Å². The molecule has 4 N–H and O–H groups in total. The van der Waals surface area contributed by atoms with Gasteiger partial charge in [0, 0.05) is 32.0 Å². The number of carbonyl (C=O) groups is 1. The highest BCUT2D eigenvalue weighted by atomic mass is 35.5. The van der Waals surface area contributed by atoms with Gasteiger partial charge in [0.1, 0.15) is 17.2 Å². The number of nitrogens with one attached hydrogen (secondary N) is 1. The molecule has 1 aromatic heterocycles. The van der Waals surface area contributed by atoms with E-state index in [2.05, 4.69) is 5.32 Å². The molecule has 0 radical (unpaired) electrons. The molecule has 0 amide bonds. The molecule has 0 unspecified atom stereocenters. The van der Waals surface area contributed by atoms with E-state index >= 15 is 0 Å². The van der Waals surface area contributed by atoms with Crippen molar-refractivity contribution in [2.75, 3.05) is 37.9 Å². The van der Waals surface area contributed by atoms with E-state index in [1.54, 1.807) is 6.92 Å². The van der Waals surface area contributed by atoms with Gasteiger partial charge in [-0.05, 0) is 31.5 Å². The van der Waals surface area contributed by atoms with Crippen molar-refractivity contribution >= 4 is 39.8 Å². The lowest BCUT2D eigenvalue weighted by atomic mass is 10.1. The summed E-state index contributed by atoms with van der Waals surface area (Å²) in [6.07, 6.45) is 1.72. The number of benzene rings is 2. The molecule has 0 aliphatic carbocycles. The van der Waals surface area contributed by atoms with Gasteiger partial charge < -0.3 is 30.2 Å². The largest absolute Gasteiger partial charge is 0.462 e. The third-order valence-electron chi connectivity index (χ3n) is 5.13. The maximum Gasteiger partial charge on any atom is 0.343 e. The van der Waals surface area contributed by atoms with Gasteiger partial charge in [-0.1, -0.05) is 11.6 Å². The molecule has 2 aromatic carbocycles. The monoisotopic (exact) mass is 495 g/mol. The predicted octanol–water partition coefficient (Wildman–Crippen LogP) is 3.62. The quantitative estimate of drug-likeness (QED) is 0.236. The highest BCUT2D eigenvalue weighted by Gasteiger charge is 2.24. The maximum atomic E-state index is 15.0. The average molecular weight is 496 g/mol. The zero-order valence-electron chi connectivity index (χ0n) is 18.6. The summed E-state index contributed by atoms with van der Waals surface area (Å²) in [5.74, 6) is -2.50. The van der Waals surface area contributed by atoms with Gasteiger partial charge in [0.2, 0.25) is 5.43 Å². The van der Waals surface area contributed by atoms with Crippen molar-refractivity contribution in [3.8, 4) is 5.69 Å². The molecule has 0 aliphatic heterocycles. The number of ether oxygens (including phenoxy) is 2. The van der Waals surface area contributed by atoms with Gasteiger partial charge in [-0.2, -0.15) is 0 Å². The summed E-state index contributed by atoms with van der Waals surface area (Å²) >= 11 is 6.57. The zero-order chi connectivity index (χ0) is 25.0. The molecule has 182 valence electrons. The van der Waals surface area contributed by atoms with Gasteiger partial charge in [-0.15, -0.1) is 0 Å². The number of nitrogens with zero attached hydrogens (tertiary/aromatic N) is 1. The molecule has 0 saturated carbocycles. The fourth-order valence-corrected chi connectivity index (χ4v) is 3.87. The number of nitrogen functional groups attached to an aromatic ring is 1. The number of anilines is 2. The molecular formula is C23H24ClF2N3O5. The number of aliphatic hydroxyl groups excluding tert-OH is 1. The highest BCUT2D eigenvalue weighted by Crippen LogP contribution is 2.35. The summed E-state index contributed by atoms with van der Waals surface area (Å²) in [4.78, 5) is 25.6. The Bertz CT molecular complexity index is 1300. The number of halogens is 3. The van der Waals surface area contributed by atoms with Crippen LogP contribution in [-0.2, 0) is 16.1 Å². The summed E-state index contributed by atoms with van der Waals surface area (Å²) in [5.41, 5.74) is 4.54. The topological polar surface area (TPSA) is 116 Å². The van der Waals surface area contributed by atoms with Crippen molar-refractivity contribution in [2.45, 2.75) is 20.0 Å². The minimum absolute atomic E-state index is 0.00114. The number of methoxy groups -OCH3 is 1. The van der Waals surface area contributed by atoms with Crippen molar-refractivity contribution in [2.24, 2.45) is 0 Å². The number of esters is 1. The fraction of sp³-hybridized carbons (Fsp3) is 0.304. The van der Waals surface area contributed by atoms with Gasteiger partial charge >= 0.3 is 5.97 Å². The minimum Gasteiger partial charge on any atom is -0.462 e. The van der Waals surface area contributed by atoms with Gasteiger partial charge in [0.15, 0.2) is 0 Å². The van der Waals surface area contributed by atoms with E-state index in [-0.39, 0.29) is 45.2 Å². The molecule has 34 heavy (non-hydrogen) atoms. The first-order chi connectivity index (χ1) is 16.2. The third-order valence-corrected chi connectivity index (χ3v) is 5.50. The second-order valence-corrected chi connectivity index (χ2v) is 7.72. The number of pyridine rings is 1. The lowest BCUT2D eigenvalue weighted by molar-refractivity contribution is 0.0524. The van der Waals surface area contributed by atoms with Crippen LogP contribution in [0.15, 0.2) is 29.2 Å². The molecule has 0 aliphatic rings. The summed E-state index contributed by atoms with van der Waals surface area (Å²) in [7, 11) is 1.54. The van der Waals surface area contributed by atoms with Gasteiger partial charge in [-0.25, -0.2) is 13.6 Å². The Hall–Kier alpha value is -3.21. The van der Waals surface area contributed by atoms with Crippen molar-refractivity contribution < 1.29 is 28.2 Å². The Morgan fingerprint density at radius 1 is 1.26 bits per heavy atom. The van der Waals surface area contributed by atoms with Crippen molar-refractivity contribution in [3.05, 3.63) is 62.4 Å². The molecule has 0 saturated heterocycles. The van der Waals surface area contributed by atoms with Crippen molar-refractivity contribution in [3.63, 3.8) is 0 Å². The Kier molecular flexibility index (Phi) is 8.08. The van der Waals surface area contributed by atoms with Crippen LogP contribution in [0.1, 0.15) is 29.3 Å². The number of nitrogens with two attached hydrogens (primary N) is 1. The molecule has 3 rings (SSSR count). The Labute approximate surface area is 198 Å². The smallest absolute Gasteiger partial charge is 0.343 e. The van der Waals surface area contributed by atoms with E-state index in [1.807, 2.05) is 0 Å². The zero-order valence-corrected chi connectivity index (χ0v) is 19.3. The Balaban J connectivity index is 2.39. The molecule has 1 heterocycles. The number of rotatable bonds is 9. The SMILES string of the molecule is CCOC(=O)c1cn(-c2cc(N)c(F)cc2CO)c2c(Cl)c(NCCCOC)c(F)cc2c1=O. The molecule has 11 heteroatoms. The lowest BCUT2D eigenvalue weighted by Gasteiger charge is -2.20. The molecular weight excluding hydrogens is 472 g/mol. The average Bonchev–Trinajstić information content (AvgIpc) is 2.80. The van der Waals surface area contributed by atoms with Crippen LogP contribution in [-0.4, -0.2) is 42.5 Å². The predicted molar refractivity (Wildman–Crippen MR) is 126 cm³/mol. The van der Waals surface area contributed by atoms with E-state index in [4.69, 9.17) is 26.8 Å². The molecule has 8 nitrogen and oxygen atoms in total. The maximum absolute atomic E-state index is 15.0. The van der Waals surface area contributed by atoms with Crippen LogP contribution < -0.4 is 16.5 Å². The second-order valence-electron chi connectivity index (χ2n) is 7.34. The minimum atomic E-state index is -0.929. The summed E-state index contributed by atoms with van der Waals surface area (Å²) < 4.78 is 40.3. The number of hydrogen-bond acceptors (Lipinski definition) is 7. The normalized spacial score (nSPS) is 11.1.